The van der Waals surface area contributed by atoms with Gasteiger partial charge < -0.3 is 0 Å². The highest BCUT2D eigenvalue weighted by Gasteiger charge is 1.97. The van der Waals surface area contributed by atoms with Crippen LogP contribution in [0.25, 0.3) is 0 Å². The Morgan fingerprint density at radius 2 is 1.43 bits per heavy atom. The second-order valence-corrected chi connectivity index (χ2v) is 4.48. The van der Waals surface area contributed by atoms with Gasteiger partial charge >= 0.3 is 0 Å². The van der Waals surface area contributed by atoms with E-state index in [0.29, 0.717) is 0 Å². The Morgan fingerprint density at radius 3 is 1.79 bits per heavy atom. The van der Waals surface area contributed by atoms with Crippen molar-refractivity contribution in [3.8, 4) is 0 Å². The van der Waals surface area contributed by atoms with Crippen LogP contribution in [-0.4, -0.2) is 6.16 Å². The van der Waals surface area contributed by atoms with Crippen molar-refractivity contribution in [3.05, 3.63) is 11.6 Å². The number of rotatable bonds is 9. The molecule has 0 saturated heterocycles. The first-order chi connectivity index (χ1) is 6.85. The van der Waals surface area contributed by atoms with Crippen molar-refractivity contribution < 1.29 is 0 Å². The first-order valence-electron chi connectivity index (χ1n) is 6.23. The van der Waals surface area contributed by atoms with E-state index in [2.05, 4.69) is 29.2 Å². The summed E-state index contributed by atoms with van der Waals surface area (Å²) in [6.45, 7) is 4.55. The zero-order valence-corrected chi connectivity index (χ0v) is 11.2. The Kier molecular flexibility index (Phi) is 11.4. The first kappa shape index (κ1) is 14.2. The lowest BCUT2D eigenvalue weighted by molar-refractivity contribution is 0.658. The van der Waals surface area contributed by atoms with Gasteiger partial charge in [-0.15, -0.1) is 9.24 Å². The maximum Gasteiger partial charge on any atom is -0.0197 e. The molecule has 0 radical (unpaired) electrons. The average molecular weight is 214 g/mol. The summed E-state index contributed by atoms with van der Waals surface area (Å²) < 4.78 is 0. The van der Waals surface area contributed by atoms with Crippen LogP contribution in [0.4, 0.5) is 0 Å². The van der Waals surface area contributed by atoms with Crippen LogP contribution >= 0.6 is 9.24 Å². The average Bonchev–Trinajstić information content (AvgIpc) is 2.18. The lowest BCUT2D eigenvalue weighted by atomic mass is 10.0. The molecule has 84 valence electrons. The molecular formula is C13H27P. The van der Waals surface area contributed by atoms with E-state index in [1.807, 2.05) is 0 Å². The lowest BCUT2D eigenvalue weighted by Gasteiger charge is -2.06. The highest BCUT2D eigenvalue weighted by Crippen LogP contribution is 2.16. The fraction of sp³-hybridized carbons (Fsp3) is 0.846. The second-order valence-electron chi connectivity index (χ2n) is 4.01. The zero-order chi connectivity index (χ0) is 10.6. The summed E-state index contributed by atoms with van der Waals surface area (Å²) in [5.74, 6) is 0. The van der Waals surface area contributed by atoms with Crippen LogP contribution in [0.5, 0.6) is 0 Å². The predicted molar refractivity (Wildman–Crippen MR) is 70.9 cm³/mol. The van der Waals surface area contributed by atoms with Crippen molar-refractivity contribution in [1.29, 1.82) is 0 Å². The summed E-state index contributed by atoms with van der Waals surface area (Å²) in [6, 6.07) is 0. The normalized spacial score (nSPS) is 10.2. The van der Waals surface area contributed by atoms with Crippen molar-refractivity contribution in [2.75, 3.05) is 6.16 Å². The molecule has 0 aromatic carbocycles. The van der Waals surface area contributed by atoms with Crippen LogP contribution < -0.4 is 0 Å². The minimum Gasteiger partial charge on any atom is -0.134 e. The van der Waals surface area contributed by atoms with Crippen molar-refractivity contribution in [2.24, 2.45) is 0 Å². The van der Waals surface area contributed by atoms with Crippen LogP contribution in [0.2, 0.25) is 0 Å². The van der Waals surface area contributed by atoms with Crippen LogP contribution in [0.1, 0.15) is 65.2 Å². The van der Waals surface area contributed by atoms with Gasteiger partial charge in [-0.1, -0.05) is 51.2 Å². The molecule has 0 aliphatic carbocycles. The molecule has 0 rings (SSSR count). The van der Waals surface area contributed by atoms with E-state index in [1.165, 1.54) is 51.4 Å². The molecule has 0 bridgehead atoms. The van der Waals surface area contributed by atoms with E-state index in [4.69, 9.17) is 0 Å². The number of hydrogen-bond donors (Lipinski definition) is 0. The van der Waals surface area contributed by atoms with Crippen molar-refractivity contribution in [1.82, 2.24) is 0 Å². The van der Waals surface area contributed by atoms with Gasteiger partial charge in [0.15, 0.2) is 0 Å². The summed E-state index contributed by atoms with van der Waals surface area (Å²) in [5.41, 5.74) is 1.70. The lowest BCUT2D eigenvalue weighted by Crippen LogP contribution is -1.87. The Hall–Kier alpha value is 0.170. The highest BCUT2D eigenvalue weighted by molar-refractivity contribution is 7.16. The summed E-state index contributed by atoms with van der Waals surface area (Å²) in [6.07, 6.45) is 14.5. The molecule has 0 nitrogen and oxygen atoms in total. The van der Waals surface area contributed by atoms with Gasteiger partial charge in [0.2, 0.25) is 0 Å². The maximum atomic E-state index is 2.80. The summed E-state index contributed by atoms with van der Waals surface area (Å²) in [4.78, 5) is 0. The molecule has 1 heteroatoms. The van der Waals surface area contributed by atoms with Gasteiger partial charge in [-0.2, -0.15) is 0 Å². The molecule has 1 atom stereocenters. The molecular weight excluding hydrogens is 187 g/mol. The van der Waals surface area contributed by atoms with Crippen molar-refractivity contribution in [2.45, 2.75) is 65.2 Å². The van der Waals surface area contributed by atoms with Crippen LogP contribution in [0.3, 0.4) is 0 Å². The van der Waals surface area contributed by atoms with Crippen LogP contribution in [-0.2, 0) is 0 Å². The van der Waals surface area contributed by atoms with Crippen molar-refractivity contribution >= 4 is 9.24 Å². The first-order valence-corrected chi connectivity index (χ1v) is 7.04. The summed E-state index contributed by atoms with van der Waals surface area (Å²) in [7, 11) is 2.80. The Bertz CT molecular complexity index is 126. The van der Waals surface area contributed by atoms with Gasteiger partial charge in [0.25, 0.3) is 0 Å². The van der Waals surface area contributed by atoms with Crippen LogP contribution in [0, 0.1) is 0 Å². The molecule has 0 aromatic rings. The molecule has 0 aromatic heterocycles. The van der Waals surface area contributed by atoms with E-state index < -0.39 is 0 Å². The largest absolute Gasteiger partial charge is 0.134 e. The quantitative estimate of drug-likeness (QED) is 0.289. The zero-order valence-electron chi connectivity index (χ0n) is 10.0. The third-order valence-electron chi connectivity index (χ3n) is 2.61. The third kappa shape index (κ3) is 8.75. The minimum absolute atomic E-state index is 1.13. The predicted octanol–water partition coefficient (Wildman–Crippen LogP) is 4.95. The molecule has 0 aliphatic rings. The number of hydrogen-bond acceptors (Lipinski definition) is 0. The second kappa shape index (κ2) is 11.2. The molecule has 1 unspecified atom stereocenters. The van der Waals surface area contributed by atoms with E-state index in [9.17, 15) is 0 Å². The molecule has 14 heavy (non-hydrogen) atoms. The van der Waals surface area contributed by atoms with Crippen LogP contribution in [0.15, 0.2) is 11.6 Å². The van der Waals surface area contributed by atoms with Gasteiger partial charge in [0.05, 0.1) is 0 Å². The molecule has 0 aliphatic heterocycles. The molecule has 0 amide bonds. The van der Waals surface area contributed by atoms with Gasteiger partial charge in [0.1, 0.15) is 0 Å². The highest BCUT2D eigenvalue weighted by atomic mass is 31.0. The topological polar surface area (TPSA) is 0 Å². The van der Waals surface area contributed by atoms with E-state index >= 15 is 0 Å². The SMILES string of the molecule is CCCCCC(=CCP)CCCCC. The Balaban J connectivity index is 3.61. The molecule has 0 spiro atoms. The van der Waals surface area contributed by atoms with Gasteiger partial charge in [-0.05, 0) is 31.8 Å². The van der Waals surface area contributed by atoms with Crippen molar-refractivity contribution in [3.63, 3.8) is 0 Å². The van der Waals surface area contributed by atoms with E-state index in [-0.39, 0.29) is 0 Å². The smallest absolute Gasteiger partial charge is 0.0197 e. The summed E-state index contributed by atoms with van der Waals surface area (Å²) >= 11 is 0. The number of unbranched alkanes of at least 4 members (excludes halogenated alkanes) is 4. The fourth-order valence-corrected chi connectivity index (χ4v) is 2.03. The maximum absolute atomic E-state index is 2.80. The van der Waals surface area contributed by atoms with Gasteiger partial charge in [-0.25, -0.2) is 0 Å². The molecule has 0 saturated carbocycles. The molecule has 0 heterocycles. The monoisotopic (exact) mass is 214 g/mol. The minimum atomic E-state index is 1.13. The Morgan fingerprint density at radius 1 is 0.929 bits per heavy atom. The molecule has 0 N–H and O–H groups in total. The third-order valence-corrected chi connectivity index (χ3v) is 2.85. The van der Waals surface area contributed by atoms with Gasteiger partial charge in [0, 0.05) is 0 Å². The Labute approximate surface area is 92.8 Å². The molecule has 0 fully saturated rings. The summed E-state index contributed by atoms with van der Waals surface area (Å²) in [5, 5.41) is 0. The van der Waals surface area contributed by atoms with E-state index in [0.717, 1.165) is 6.16 Å². The number of allylic oxidation sites excluding steroid dienone is 2. The van der Waals surface area contributed by atoms with Gasteiger partial charge in [-0.3, -0.25) is 0 Å². The van der Waals surface area contributed by atoms with E-state index in [1.54, 1.807) is 5.57 Å². The standard InChI is InChI=1S/C13H27P/c1-3-5-7-9-13(11-12-14)10-8-6-4-2/h11H,3-10,12,14H2,1-2H3. The fourth-order valence-electron chi connectivity index (χ4n) is 1.70.